The van der Waals surface area contributed by atoms with Gasteiger partial charge in [-0.2, -0.15) is 0 Å². The minimum absolute atomic E-state index is 0.0395. The molecule has 0 saturated heterocycles. The molecule has 2 aliphatic carbocycles. The summed E-state index contributed by atoms with van der Waals surface area (Å²) in [7, 11) is 1.96. The molecule has 0 spiro atoms. The molecule has 1 heterocycles. The van der Waals surface area contributed by atoms with Crippen molar-refractivity contribution in [2.24, 2.45) is 13.0 Å². The average molecular weight is 255 g/mol. The number of nitrogens with zero attached hydrogens (tertiary/aromatic N) is 3. The van der Waals surface area contributed by atoms with Crippen molar-refractivity contribution < 1.29 is 5.11 Å². The van der Waals surface area contributed by atoms with Crippen molar-refractivity contribution in [2.75, 3.05) is 0 Å². The van der Waals surface area contributed by atoms with Gasteiger partial charge in [0, 0.05) is 13.0 Å². The first-order chi connectivity index (χ1) is 9.31. The van der Waals surface area contributed by atoms with Crippen LogP contribution in [0.15, 0.2) is 24.3 Å². The summed E-state index contributed by atoms with van der Waals surface area (Å²) in [5, 5.41) is 17.6. The summed E-state index contributed by atoms with van der Waals surface area (Å²) in [5.41, 5.74) is 2.99. The molecule has 1 aromatic heterocycles. The van der Waals surface area contributed by atoms with Crippen LogP contribution in [0.4, 0.5) is 0 Å². The topological polar surface area (TPSA) is 50.9 Å². The molecular weight excluding hydrogens is 238 g/mol. The molecule has 3 atom stereocenters. The van der Waals surface area contributed by atoms with E-state index in [1.165, 1.54) is 24.0 Å². The summed E-state index contributed by atoms with van der Waals surface area (Å²) >= 11 is 0. The predicted molar refractivity (Wildman–Crippen MR) is 70.7 cm³/mol. The molecule has 2 aliphatic rings. The maximum absolute atomic E-state index is 9.23. The lowest BCUT2D eigenvalue weighted by Gasteiger charge is -2.13. The second-order valence-electron chi connectivity index (χ2n) is 5.64. The van der Waals surface area contributed by atoms with Gasteiger partial charge in [-0.05, 0) is 35.8 Å². The molecule has 1 saturated carbocycles. The third kappa shape index (κ3) is 1.49. The minimum Gasteiger partial charge on any atom is -0.388 e. The molecule has 0 bridgehead atoms. The number of hydrogen-bond acceptors (Lipinski definition) is 3. The monoisotopic (exact) mass is 255 g/mol. The first-order valence-electron chi connectivity index (χ1n) is 6.88. The van der Waals surface area contributed by atoms with Gasteiger partial charge in [-0.3, -0.25) is 0 Å². The zero-order valence-electron chi connectivity index (χ0n) is 11.0. The lowest BCUT2D eigenvalue weighted by atomic mass is 9.92. The van der Waals surface area contributed by atoms with E-state index in [2.05, 4.69) is 34.5 Å². The van der Waals surface area contributed by atoms with E-state index >= 15 is 0 Å². The van der Waals surface area contributed by atoms with E-state index in [4.69, 9.17) is 0 Å². The summed E-state index contributed by atoms with van der Waals surface area (Å²) in [5.74, 6) is 3.51. The third-order valence-electron chi connectivity index (χ3n) is 4.77. The summed E-state index contributed by atoms with van der Waals surface area (Å²) in [6.07, 6.45) is 2.42. The molecule has 4 nitrogen and oxygen atoms in total. The van der Waals surface area contributed by atoms with Crippen LogP contribution in [-0.4, -0.2) is 19.9 Å². The van der Waals surface area contributed by atoms with Crippen molar-refractivity contribution in [1.29, 1.82) is 0 Å². The van der Waals surface area contributed by atoms with Crippen LogP contribution >= 0.6 is 0 Å². The van der Waals surface area contributed by atoms with Crippen LogP contribution in [0.2, 0.25) is 0 Å². The maximum Gasteiger partial charge on any atom is 0.158 e. The molecule has 4 heteroatoms. The Bertz CT molecular complexity index is 634. The van der Waals surface area contributed by atoms with Gasteiger partial charge in [0.15, 0.2) is 5.82 Å². The second kappa shape index (κ2) is 3.90. The largest absolute Gasteiger partial charge is 0.388 e. The Morgan fingerprint density at radius 3 is 2.89 bits per heavy atom. The lowest BCUT2D eigenvalue weighted by Crippen LogP contribution is -2.02. The van der Waals surface area contributed by atoms with Gasteiger partial charge in [-0.25, -0.2) is 0 Å². The summed E-state index contributed by atoms with van der Waals surface area (Å²) in [6, 6.07) is 8.77. The molecule has 0 amide bonds. The Morgan fingerprint density at radius 1 is 1.26 bits per heavy atom. The van der Waals surface area contributed by atoms with Crippen molar-refractivity contribution in [3.63, 3.8) is 0 Å². The molecule has 1 fully saturated rings. The van der Waals surface area contributed by atoms with Crippen LogP contribution in [0.25, 0.3) is 0 Å². The van der Waals surface area contributed by atoms with E-state index in [1.807, 2.05) is 11.6 Å². The SMILES string of the molecule is Cn1c(CO)nnc1C1C2CCc3ccccc3C21. The zero-order valence-corrected chi connectivity index (χ0v) is 11.0. The highest BCUT2D eigenvalue weighted by molar-refractivity contribution is 5.43. The molecule has 3 unspecified atom stereocenters. The normalized spacial score (nSPS) is 27.8. The van der Waals surface area contributed by atoms with E-state index in [-0.39, 0.29) is 6.61 Å². The van der Waals surface area contributed by atoms with E-state index in [0.717, 1.165) is 5.82 Å². The number of benzene rings is 1. The molecular formula is C15H17N3O. The highest BCUT2D eigenvalue weighted by atomic mass is 16.3. The Morgan fingerprint density at radius 2 is 2.11 bits per heavy atom. The number of aliphatic hydroxyl groups is 1. The summed E-state index contributed by atoms with van der Waals surface area (Å²) < 4.78 is 1.96. The van der Waals surface area contributed by atoms with Crippen molar-refractivity contribution in [3.05, 3.63) is 47.0 Å². The van der Waals surface area contributed by atoms with Crippen LogP contribution in [-0.2, 0) is 20.1 Å². The number of fused-ring (bicyclic) bond motifs is 3. The van der Waals surface area contributed by atoms with E-state index in [9.17, 15) is 5.11 Å². The lowest BCUT2D eigenvalue weighted by molar-refractivity contribution is 0.266. The molecule has 1 N–H and O–H groups in total. The van der Waals surface area contributed by atoms with Gasteiger partial charge in [0.25, 0.3) is 0 Å². The van der Waals surface area contributed by atoms with Gasteiger partial charge in [-0.1, -0.05) is 24.3 Å². The van der Waals surface area contributed by atoms with Crippen LogP contribution in [0.3, 0.4) is 0 Å². The minimum atomic E-state index is -0.0395. The van der Waals surface area contributed by atoms with E-state index in [0.29, 0.717) is 23.6 Å². The number of hydrogen-bond donors (Lipinski definition) is 1. The molecule has 98 valence electrons. The molecule has 0 aliphatic heterocycles. The summed E-state index contributed by atoms with van der Waals surface area (Å²) in [4.78, 5) is 0. The Labute approximate surface area is 112 Å². The number of rotatable bonds is 2. The first kappa shape index (κ1) is 11.2. The average Bonchev–Trinajstić information content (AvgIpc) is 3.07. The van der Waals surface area contributed by atoms with Crippen LogP contribution < -0.4 is 0 Å². The van der Waals surface area contributed by atoms with Gasteiger partial charge < -0.3 is 9.67 Å². The standard InChI is InChI=1S/C15H17N3O/c1-18-12(8-19)16-17-15(18)14-11-7-6-9-4-2-3-5-10(9)13(11)14/h2-5,11,13-14,19H,6-8H2,1H3. The van der Waals surface area contributed by atoms with Crippen molar-refractivity contribution in [1.82, 2.24) is 14.8 Å². The van der Waals surface area contributed by atoms with Crippen molar-refractivity contribution in [2.45, 2.75) is 31.3 Å². The Hall–Kier alpha value is -1.68. The van der Waals surface area contributed by atoms with Gasteiger partial charge in [0.1, 0.15) is 12.4 Å². The molecule has 0 radical (unpaired) electrons. The molecule has 4 rings (SSSR count). The van der Waals surface area contributed by atoms with Crippen LogP contribution in [0.1, 0.15) is 41.0 Å². The highest BCUT2D eigenvalue weighted by Crippen LogP contribution is 2.64. The van der Waals surface area contributed by atoms with E-state index in [1.54, 1.807) is 0 Å². The zero-order chi connectivity index (χ0) is 13.0. The fourth-order valence-corrected chi connectivity index (χ4v) is 3.72. The third-order valence-corrected chi connectivity index (χ3v) is 4.77. The second-order valence-corrected chi connectivity index (χ2v) is 5.64. The fraction of sp³-hybridized carbons (Fsp3) is 0.467. The van der Waals surface area contributed by atoms with E-state index < -0.39 is 0 Å². The fourth-order valence-electron chi connectivity index (χ4n) is 3.72. The number of aromatic nitrogens is 3. The first-order valence-corrected chi connectivity index (χ1v) is 6.88. The maximum atomic E-state index is 9.23. The van der Waals surface area contributed by atoms with Gasteiger partial charge in [0.2, 0.25) is 0 Å². The molecule has 2 aromatic rings. The van der Waals surface area contributed by atoms with Crippen molar-refractivity contribution in [3.8, 4) is 0 Å². The number of aryl methyl sites for hydroxylation is 1. The molecule has 19 heavy (non-hydrogen) atoms. The highest BCUT2D eigenvalue weighted by Gasteiger charge is 2.55. The molecule has 1 aromatic carbocycles. The predicted octanol–water partition coefficient (Wildman–Crippen LogP) is 1.75. The quantitative estimate of drug-likeness (QED) is 0.889. The Balaban J connectivity index is 1.72. The smallest absolute Gasteiger partial charge is 0.158 e. The van der Waals surface area contributed by atoms with Gasteiger partial charge in [0.05, 0.1) is 0 Å². The van der Waals surface area contributed by atoms with Crippen LogP contribution in [0.5, 0.6) is 0 Å². The van der Waals surface area contributed by atoms with Gasteiger partial charge in [-0.15, -0.1) is 10.2 Å². The Kier molecular flexibility index (Phi) is 2.30. The van der Waals surface area contributed by atoms with Gasteiger partial charge >= 0.3 is 0 Å². The number of aliphatic hydroxyl groups excluding tert-OH is 1. The van der Waals surface area contributed by atoms with Crippen molar-refractivity contribution >= 4 is 0 Å². The van der Waals surface area contributed by atoms with Crippen LogP contribution in [0, 0.1) is 5.92 Å². The summed E-state index contributed by atoms with van der Waals surface area (Å²) in [6.45, 7) is -0.0395.